The van der Waals surface area contributed by atoms with Gasteiger partial charge in [0.2, 0.25) is 0 Å². The molecular weight excluding hydrogens is 284 g/mol. The Morgan fingerprint density at radius 1 is 1.36 bits per heavy atom. The van der Waals surface area contributed by atoms with E-state index < -0.39 is 0 Å². The van der Waals surface area contributed by atoms with Gasteiger partial charge in [-0.15, -0.1) is 0 Å². The maximum absolute atomic E-state index is 12.2. The summed E-state index contributed by atoms with van der Waals surface area (Å²) in [6, 6.07) is 1.87. The van der Waals surface area contributed by atoms with Crippen LogP contribution in [0, 0.1) is 6.92 Å². The molecule has 0 aromatic carbocycles. The van der Waals surface area contributed by atoms with Crippen LogP contribution in [0.3, 0.4) is 0 Å². The molecule has 22 heavy (non-hydrogen) atoms. The predicted molar refractivity (Wildman–Crippen MR) is 80.3 cm³/mol. The Labute approximate surface area is 128 Å². The number of amides is 2. The van der Waals surface area contributed by atoms with E-state index in [0.717, 1.165) is 31.1 Å². The number of hydrogen-bond donors (Lipinski definition) is 1. The first-order chi connectivity index (χ1) is 10.6. The molecule has 1 aliphatic heterocycles. The molecule has 3 heterocycles. The number of nitrogens with zero attached hydrogens (tertiary/aromatic N) is 5. The number of anilines is 1. The smallest absolute Gasteiger partial charge is 0.322 e. The first kappa shape index (κ1) is 14.6. The minimum Gasteiger partial charge on any atom is -0.360 e. The average molecular weight is 304 g/mol. The SMILES string of the molecule is Cc1cc(CN2CCN(C(=O)Nc3cnn(C)c3)CC2)on1. The fraction of sp³-hybridized carbons (Fsp3) is 0.500. The second-order valence-electron chi connectivity index (χ2n) is 5.53. The van der Waals surface area contributed by atoms with E-state index in [4.69, 9.17) is 4.52 Å². The zero-order chi connectivity index (χ0) is 15.5. The van der Waals surface area contributed by atoms with Gasteiger partial charge in [0.05, 0.1) is 24.1 Å². The van der Waals surface area contributed by atoms with Crippen LogP contribution >= 0.6 is 0 Å². The topological polar surface area (TPSA) is 79.4 Å². The third-order valence-corrected chi connectivity index (χ3v) is 3.67. The first-order valence-corrected chi connectivity index (χ1v) is 7.29. The molecule has 0 aliphatic carbocycles. The number of rotatable bonds is 3. The van der Waals surface area contributed by atoms with E-state index in [2.05, 4.69) is 20.5 Å². The van der Waals surface area contributed by atoms with Gasteiger partial charge in [-0.25, -0.2) is 4.79 Å². The summed E-state index contributed by atoms with van der Waals surface area (Å²) in [4.78, 5) is 16.2. The molecule has 0 radical (unpaired) electrons. The van der Waals surface area contributed by atoms with Crippen molar-refractivity contribution < 1.29 is 9.32 Å². The van der Waals surface area contributed by atoms with E-state index in [1.54, 1.807) is 17.1 Å². The van der Waals surface area contributed by atoms with Crippen molar-refractivity contribution in [1.82, 2.24) is 24.7 Å². The molecule has 2 aromatic heterocycles. The summed E-state index contributed by atoms with van der Waals surface area (Å²) in [5.41, 5.74) is 1.61. The highest BCUT2D eigenvalue weighted by Crippen LogP contribution is 2.11. The molecule has 2 aromatic rings. The summed E-state index contributed by atoms with van der Waals surface area (Å²) in [6.45, 7) is 5.67. The quantitative estimate of drug-likeness (QED) is 0.917. The van der Waals surface area contributed by atoms with E-state index in [-0.39, 0.29) is 6.03 Å². The maximum atomic E-state index is 12.2. The minimum atomic E-state index is -0.0804. The Bertz CT molecular complexity index is 641. The lowest BCUT2D eigenvalue weighted by Crippen LogP contribution is -2.49. The molecule has 2 amide bonds. The standard InChI is InChI=1S/C14H20N6O2/c1-11-7-13(22-17-11)10-19-3-5-20(6-4-19)14(21)16-12-8-15-18(2)9-12/h7-9H,3-6,10H2,1-2H3,(H,16,21). The largest absolute Gasteiger partial charge is 0.360 e. The first-order valence-electron chi connectivity index (χ1n) is 7.29. The zero-order valence-electron chi connectivity index (χ0n) is 12.8. The number of carbonyl (C=O) groups is 1. The molecule has 1 aliphatic rings. The fourth-order valence-corrected chi connectivity index (χ4v) is 2.51. The van der Waals surface area contributed by atoms with Crippen LogP contribution < -0.4 is 5.32 Å². The highest BCUT2D eigenvalue weighted by atomic mass is 16.5. The van der Waals surface area contributed by atoms with Gasteiger partial charge in [0.15, 0.2) is 5.76 Å². The van der Waals surface area contributed by atoms with E-state index in [0.29, 0.717) is 18.8 Å². The number of nitrogens with one attached hydrogen (secondary N) is 1. The lowest BCUT2D eigenvalue weighted by molar-refractivity contribution is 0.134. The molecule has 1 fully saturated rings. The van der Waals surface area contributed by atoms with Crippen molar-refractivity contribution >= 4 is 11.7 Å². The van der Waals surface area contributed by atoms with Crippen LogP contribution in [0.25, 0.3) is 0 Å². The van der Waals surface area contributed by atoms with Crippen molar-refractivity contribution in [3.63, 3.8) is 0 Å². The van der Waals surface area contributed by atoms with Crippen LogP contribution in [0.15, 0.2) is 23.0 Å². The Morgan fingerprint density at radius 2 is 2.14 bits per heavy atom. The summed E-state index contributed by atoms with van der Waals surface area (Å²) in [5, 5.41) is 10.8. The second kappa shape index (κ2) is 6.18. The number of hydrogen-bond acceptors (Lipinski definition) is 5. The van der Waals surface area contributed by atoms with Crippen LogP contribution in [-0.4, -0.2) is 56.9 Å². The van der Waals surface area contributed by atoms with E-state index >= 15 is 0 Å². The molecule has 118 valence electrons. The van der Waals surface area contributed by atoms with Crippen LogP contribution in [0.1, 0.15) is 11.5 Å². The van der Waals surface area contributed by atoms with Gasteiger partial charge in [0, 0.05) is 45.5 Å². The van der Waals surface area contributed by atoms with Crippen molar-refractivity contribution in [2.45, 2.75) is 13.5 Å². The Hall–Kier alpha value is -2.35. The molecule has 3 rings (SSSR count). The van der Waals surface area contributed by atoms with Gasteiger partial charge in [-0.1, -0.05) is 5.16 Å². The van der Waals surface area contributed by atoms with Crippen molar-refractivity contribution in [2.24, 2.45) is 7.05 Å². The van der Waals surface area contributed by atoms with Gasteiger partial charge in [-0.3, -0.25) is 9.58 Å². The zero-order valence-corrected chi connectivity index (χ0v) is 12.8. The molecule has 0 bridgehead atoms. The van der Waals surface area contributed by atoms with Gasteiger partial charge in [-0.2, -0.15) is 5.10 Å². The molecule has 1 saturated heterocycles. The Morgan fingerprint density at radius 3 is 2.73 bits per heavy atom. The number of aryl methyl sites for hydroxylation is 2. The van der Waals surface area contributed by atoms with Crippen LogP contribution in [0.5, 0.6) is 0 Å². The van der Waals surface area contributed by atoms with Gasteiger partial charge >= 0.3 is 6.03 Å². The van der Waals surface area contributed by atoms with E-state index in [9.17, 15) is 4.79 Å². The normalized spacial score (nSPS) is 16.0. The van der Waals surface area contributed by atoms with E-state index in [1.165, 1.54) is 0 Å². The number of piperazine rings is 1. The van der Waals surface area contributed by atoms with Crippen molar-refractivity contribution in [1.29, 1.82) is 0 Å². The molecular formula is C14H20N6O2. The van der Waals surface area contributed by atoms with Crippen molar-refractivity contribution in [2.75, 3.05) is 31.5 Å². The lowest BCUT2D eigenvalue weighted by Gasteiger charge is -2.33. The number of aromatic nitrogens is 3. The highest BCUT2D eigenvalue weighted by molar-refractivity contribution is 5.89. The monoisotopic (exact) mass is 304 g/mol. The lowest BCUT2D eigenvalue weighted by atomic mass is 10.3. The summed E-state index contributed by atoms with van der Waals surface area (Å²) in [5.74, 6) is 0.866. The van der Waals surface area contributed by atoms with Crippen LogP contribution in [0.4, 0.5) is 10.5 Å². The summed E-state index contributed by atoms with van der Waals surface area (Å²) in [6.07, 6.45) is 3.42. The minimum absolute atomic E-state index is 0.0804. The maximum Gasteiger partial charge on any atom is 0.322 e. The van der Waals surface area contributed by atoms with Crippen molar-refractivity contribution in [3.8, 4) is 0 Å². The molecule has 0 atom stereocenters. The molecule has 0 unspecified atom stereocenters. The molecule has 0 spiro atoms. The molecule has 8 heteroatoms. The van der Waals surface area contributed by atoms with Crippen LogP contribution in [-0.2, 0) is 13.6 Å². The Balaban J connectivity index is 1.47. The summed E-state index contributed by atoms with van der Waals surface area (Å²) in [7, 11) is 1.82. The number of carbonyl (C=O) groups excluding carboxylic acids is 1. The molecule has 0 saturated carbocycles. The average Bonchev–Trinajstić information content (AvgIpc) is 3.08. The third kappa shape index (κ3) is 3.45. The third-order valence-electron chi connectivity index (χ3n) is 3.67. The fourth-order valence-electron chi connectivity index (χ4n) is 2.51. The van der Waals surface area contributed by atoms with Gasteiger partial charge in [0.25, 0.3) is 0 Å². The van der Waals surface area contributed by atoms with E-state index in [1.807, 2.05) is 24.9 Å². The van der Waals surface area contributed by atoms with Gasteiger partial charge in [-0.05, 0) is 6.92 Å². The highest BCUT2D eigenvalue weighted by Gasteiger charge is 2.22. The summed E-state index contributed by atoms with van der Waals surface area (Å²) < 4.78 is 6.89. The molecule has 1 N–H and O–H groups in total. The van der Waals surface area contributed by atoms with Gasteiger partial charge < -0.3 is 14.7 Å². The summed E-state index contributed by atoms with van der Waals surface area (Å²) >= 11 is 0. The van der Waals surface area contributed by atoms with Crippen molar-refractivity contribution in [3.05, 3.63) is 29.9 Å². The van der Waals surface area contributed by atoms with Gasteiger partial charge in [0.1, 0.15) is 0 Å². The number of urea groups is 1. The van der Waals surface area contributed by atoms with Crippen LogP contribution in [0.2, 0.25) is 0 Å². The Kier molecular flexibility index (Phi) is 4.10. The predicted octanol–water partition coefficient (Wildman–Crippen LogP) is 1.07. The second-order valence-corrected chi connectivity index (χ2v) is 5.53. The molecule has 8 nitrogen and oxygen atoms in total.